The molecule has 26 unspecified atom stereocenters. The van der Waals surface area contributed by atoms with Crippen molar-refractivity contribution in [3.63, 3.8) is 0 Å². The van der Waals surface area contributed by atoms with Crippen LogP contribution in [0.5, 0.6) is 0 Å². The number of rotatable bonds is 25. The number of esters is 6. The molecule has 0 bridgehead atoms. The molecule has 95 heavy (non-hydrogen) atoms. The van der Waals surface area contributed by atoms with E-state index in [9.17, 15) is 95.2 Å². The summed E-state index contributed by atoms with van der Waals surface area (Å²) in [7, 11) is 3.22. The molecule has 0 aromatic rings. The van der Waals surface area contributed by atoms with Crippen LogP contribution in [-0.2, 0) is 99.8 Å². The van der Waals surface area contributed by atoms with Gasteiger partial charge in [0, 0.05) is 52.9 Å². The molecule has 0 aromatic heterocycles. The molecule has 0 amide bonds. The van der Waals surface area contributed by atoms with Crippen LogP contribution in [0.4, 0.5) is 0 Å². The van der Waals surface area contributed by atoms with E-state index in [1.165, 1.54) is 39.0 Å². The van der Waals surface area contributed by atoms with E-state index in [1.807, 2.05) is 0 Å². The van der Waals surface area contributed by atoms with Crippen molar-refractivity contribution in [3.8, 4) is 0 Å². The van der Waals surface area contributed by atoms with Crippen LogP contribution >= 0.6 is 0 Å². The van der Waals surface area contributed by atoms with Gasteiger partial charge in [0.15, 0.2) is 18.9 Å². The fraction of sp³-hybridized carbons (Fsp3) is 0.705. The predicted octanol–water partition coefficient (Wildman–Crippen LogP) is -4.59. The Bertz CT molecular complexity index is 2850. The third-order valence-electron chi connectivity index (χ3n) is 18.1. The molecule has 0 spiro atoms. The first-order chi connectivity index (χ1) is 45.3. The van der Waals surface area contributed by atoms with Gasteiger partial charge >= 0.3 is 35.8 Å². The first kappa shape index (κ1) is 76.3. The third-order valence-corrected chi connectivity index (χ3v) is 18.1. The van der Waals surface area contributed by atoms with Crippen LogP contribution in [0.1, 0.15) is 53.4 Å². The number of hydrogen-bond acceptors (Lipinski definition) is 34. The summed E-state index contributed by atoms with van der Waals surface area (Å²) in [5.41, 5.74) is -0.281. The summed E-state index contributed by atoms with van der Waals surface area (Å²) < 4.78 is 84.2. The summed E-state index contributed by atoms with van der Waals surface area (Å²) in [6, 6.07) is 0. The zero-order valence-corrected chi connectivity index (χ0v) is 52.9. The fourth-order valence-corrected chi connectivity index (χ4v) is 12.6. The normalized spacial score (nSPS) is 38.8. The number of ether oxygens (including phenoxy) is 15. The van der Waals surface area contributed by atoms with Crippen molar-refractivity contribution in [2.24, 2.45) is 41.4 Å². The molecule has 6 aliphatic heterocycles. The van der Waals surface area contributed by atoms with Gasteiger partial charge in [-0.2, -0.15) is 0 Å². The average Bonchev–Trinajstić information content (AvgIpc) is 1.09. The molecule has 3 saturated heterocycles. The van der Waals surface area contributed by atoms with Gasteiger partial charge in [0.05, 0.1) is 109 Å². The van der Waals surface area contributed by atoms with Gasteiger partial charge in [-0.15, -0.1) is 0 Å². The van der Waals surface area contributed by atoms with Crippen LogP contribution in [-0.4, -0.2) is 280 Å². The number of carbonyl (C=O) groups excluding carboxylic acids is 6. The first-order valence-corrected chi connectivity index (χ1v) is 30.6. The Morgan fingerprint density at radius 2 is 0.832 bits per heavy atom. The van der Waals surface area contributed by atoms with E-state index in [0.29, 0.717) is 0 Å². The van der Waals surface area contributed by atoms with Crippen molar-refractivity contribution in [3.05, 3.63) is 70.5 Å². The second kappa shape index (κ2) is 34.4. The van der Waals surface area contributed by atoms with E-state index in [0.717, 1.165) is 40.1 Å². The number of carbonyl (C=O) groups is 6. The lowest BCUT2D eigenvalue weighted by Crippen LogP contribution is -2.60. The molecule has 0 aromatic carbocycles. The van der Waals surface area contributed by atoms with E-state index in [-0.39, 0.29) is 39.9 Å². The van der Waals surface area contributed by atoms with Gasteiger partial charge in [-0.3, -0.25) is 14.4 Å². The Balaban J connectivity index is 1.13. The molecule has 1 aliphatic carbocycles. The van der Waals surface area contributed by atoms with Crippen LogP contribution in [0.3, 0.4) is 0 Å². The summed E-state index contributed by atoms with van der Waals surface area (Å²) in [4.78, 5) is 82.6. The highest BCUT2D eigenvalue weighted by Gasteiger charge is 2.52. The Hall–Kier alpha value is -6.10. The van der Waals surface area contributed by atoms with Crippen molar-refractivity contribution in [1.29, 1.82) is 0 Å². The van der Waals surface area contributed by atoms with Crippen LogP contribution < -0.4 is 0 Å². The minimum Gasteiger partial charge on any atom is -0.468 e. The van der Waals surface area contributed by atoms with Crippen LogP contribution in [0.2, 0.25) is 0 Å². The lowest BCUT2D eigenvalue weighted by molar-refractivity contribution is -0.327. The van der Waals surface area contributed by atoms with Gasteiger partial charge in [-0.1, -0.05) is 25.2 Å². The Morgan fingerprint density at radius 3 is 1.15 bits per heavy atom. The van der Waals surface area contributed by atoms with Gasteiger partial charge in [-0.25, -0.2) is 14.4 Å². The zero-order valence-electron chi connectivity index (χ0n) is 52.9. The Kier molecular flexibility index (Phi) is 27.6. The van der Waals surface area contributed by atoms with E-state index in [1.54, 1.807) is 6.92 Å². The summed E-state index contributed by atoms with van der Waals surface area (Å²) in [6.45, 7) is 2.07. The molecule has 26 atom stereocenters. The number of aliphatic hydroxyl groups is 13. The number of aliphatic hydroxyl groups excluding tert-OH is 13. The molecule has 534 valence electrons. The molecule has 7 rings (SSSR count). The molecular formula is C61H86O34. The molecule has 4 fully saturated rings. The standard InChI is InChI=1S/C61H86O34/c1-8-26-30(34(53(78)81-5)21-86-56(26)93-59-50(75)47(72)44(69)38(16-63)90-59)12-41(66)84-19-25(15-62)29-11-37(89-43(68)14-32-28(10-3)58(88-23-36(32)55(80)83-7)95-61-52(77)49(74)46(71)40(18-65)92-61)24(4)33(29)20-85-42(67)13-31-27(9-2)57(87-22-35(31)54(79)82-6)94-60-51(76)48(73)45(70)39(17-64)91-60/h8-10,21-25,29-33,37-40,44-52,56-65,69-77H,11-20H2,1-7H3/b26-8-,27-9-,28-10-. The highest BCUT2D eigenvalue weighted by atomic mass is 16.8. The molecule has 13 N–H and O–H groups in total. The highest BCUT2D eigenvalue weighted by Crippen LogP contribution is 2.46. The summed E-state index contributed by atoms with van der Waals surface area (Å²) >= 11 is 0. The fourth-order valence-electron chi connectivity index (χ4n) is 12.6. The quantitative estimate of drug-likeness (QED) is 0.0232. The monoisotopic (exact) mass is 1360 g/mol. The molecule has 34 heteroatoms. The van der Waals surface area contributed by atoms with Gasteiger partial charge in [-0.05, 0) is 39.0 Å². The maximum absolute atomic E-state index is 14.4. The smallest absolute Gasteiger partial charge is 0.337 e. The van der Waals surface area contributed by atoms with Gasteiger partial charge in [0.1, 0.15) is 79.4 Å². The summed E-state index contributed by atoms with van der Waals surface area (Å²) in [5.74, 6) is -12.8. The maximum atomic E-state index is 14.4. The van der Waals surface area contributed by atoms with Crippen molar-refractivity contribution >= 4 is 35.8 Å². The molecule has 6 heterocycles. The second-order valence-electron chi connectivity index (χ2n) is 23.5. The van der Waals surface area contributed by atoms with Crippen molar-refractivity contribution in [2.45, 2.75) is 170 Å². The zero-order chi connectivity index (χ0) is 69.9. The van der Waals surface area contributed by atoms with Crippen molar-refractivity contribution in [2.75, 3.05) is 61.0 Å². The predicted molar refractivity (Wildman–Crippen MR) is 308 cm³/mol. The van der Waals surface area contributed by atoms with Crippen LogP contribution in [0.25, 0.3) is 0 Å². The lowest BCUT2D eigenvalue weighted by Gasteiger charge is -2.42. The van der Waals surface area contributed by atoms with E-state index < -0.39 is 253 Å². The first-order valence-electron chi connectivity index (χ1n) is 30.6. The van der Waals surface area contributed by atoms with Crippen molar-refractivity contribution in [1.82, 2.24) is 0 Å². The SMILES string of the molecule is C/C=C1\C(OC2OC(CO)C(O)C(O)C2O)OC=C(C(=O)OC)C1CC(=O)OCC(CO)C1CC(OC(=O)CC2C(C(=O)OC)=COC(OC3OC(CO)C(O)C(O)C3O)/C2=C\C)C(C)C1COC(=O)CC1C(C(=O)OC)=COC(OC2OC(CO)C(O)C(O)C2O)/C1=C\C. The second-order valence-corrected chi connectivity index (χ2v) is 23.5. The highest BCUT2D eigenvalue weighted by molar-refractivity contribution is 5.92. The summed E-state index contributed by atoms with van der Waals surface area (Å²) in [6.07, 6.45) is -26.1. The van der Waals surface area contributed by atoms with E-state index in [4.69, 9.17) is 71.1 Å². The minimum atomic E-state index is -1.88. The molecule has 1 saturated carbocycles. The molecule has 34 nitrogen and oxygen atoms in total. The molecule has 0 radical (unpaired) electrons. The van der Waals surface area contributed by atoms with Crippen LogP contribution in [0.15, 0.2) is 70.5 Å². The number of methoxy groups -OCH3 is 3. The van der Waals surface area contributed by atoms with E-state index in [2.05, 4.69) is 0 Å². The van der Waals surface area contributed by atoms with E-state index >= 15 is 0 Å². The maximum Gasteiger partial charge on any atom is 0.337 e. The molecular weight excluding hydrogens is 1280 g/mol. The third kappa shape index (κ3) is 17.1. The largest absolute Gasteiger partial charge is 0.468 e. The number of hydrogen-bond donors (Lipinski definition) is 13. The number of allylic oxidation sites excluding steroid dienone is 3. The Labute approximate surface area is 543 Å². The van der Waals surface area contributed by atoms with Gasteiger partial charge < -0.3 is 137 Å². The van der Waals surface area contributed by atoms with Crippen LogP contribution in [0, 0.1) is 41.4 Å². The lowest BCUT2D eigenvalue weighted by atomic mass is 9.82. The topological polar surface area (TPSA) is 504 Å². The van der Waals surface area contributed by atoms with Gasteiger partial charge in [0.25, 0.3) is 0 Å². The van der Waals surface area contributed by atoms with Gasteiger partial charge in [0.2, 0.25) is 18.9 Å². The Morgan fingerprint density at radius 1 is 0.495 bits per heavy atom. The minimum absolute atomic E-state index is 0.0957. The average molecular weight is 1360 g/mol. The summed E-state index contributed by atoms with van der Waals surface area (Å²) in [5, 5.41) is 135. The molecule has 7 aliphatic rings. The van der Waals surface area contributed by atoms with Crippen molar-refractivity contribution < 1.29 is 166 Å².